The molecule has 126 valence electrons. The molecule has 0 aliphatic carbocycles. The van der Waals surface area contributed by atoms with Crippen LogP contribution in [0.2, 0.25) is 0 Å². The monoisotopic (exact) mass is 325 g/mol. The van der Waals surface area contributed by atoms with Crippen molar-refractivity contribution in [3.63, 3.8) is 0 Å². The Balaban J connectivity index is 1.58. The second kappa shape index (κ2) is 7.34. The first-order chi connectivity index (χ1) is 11.6. The molecule has 3 rings (SSSR count). The van der Waals surface area contributed by atoms with Gasteiger partial charge in [-0.3, -0.25) is 4.79 Å². The van der Waals surface area contributed by atoms with Crippen molar-refractivity contribution in [1.82, 2.24) is 5.43 Å². The molecule has 1 fully saturated rings. The number of hydrazone groups is 1. The van der Waals surface area contributed by atoms with Crippen molar-refractivity contribution >= 4 is 17.8 Å². The van der Waals surface area contributed by atoms with Crippen LogP contribution in [0.25, 0.3) is 0 Å². The van der Waals surface area contributed by atoms with E-state index in [0.717, 1.165) is 24.4 Å². The van der Waals surface area contributed by atoms with E-state index >= 15 is 0 Å². The third-order valence-corrected chi connectivity index (χ3v) is 4.28. The number of amides is 1. The van der Waals surface area contributed by atoms with Gasteiger partial charge in [-0.15, -0.1) is 0 Å². The SMILES string of the molecule is Cc1cc(C(=O)N/N=C\c2ccc(N3CCCCC3)cc2)c(C)o1. The van der Waals surface area contributed by atoms with Gasteiger partial charge in [0.25, 0.3) is 5.91 Å². The highest BCUT2D eigenvalue weighted by Gasteiger charge is 2.12. The molecule has 1 aromatic heterocycles. The molecule has 1 aliphatic heterocycles. The van der Waals surface area contributed by atoms with E-state index in [2.05, 4.69) is 27.6 Å². The summed E-state index contributed by atoms with van der Waals surface area (Å²) < 4.78 is 5.35. The second-order valence-corrected chi connectivity index (χ2v) is 6.17. The van der Waals surface area contributed by atoms with Crippen molar-refractivity contribution in [3.8, 4) is 0 Å². The minimum Gasteiger partial charge on any atom is -0.466 e. The molecule has 5 heteroatoms. The minimum absolute atomic E-state index is 0.259. The maximum absolute atomic E-state index is 12.0. The summed E-state index contributed by atoms with van der Waals surface area (Å²) in [6.45, 7) is 5.85. The van der Waals surface area contributed by atoms with Crippen LogP contribution in [-0.4, -0.2) is 25.2 Å². The quantitative estimate of drug-likeness (QED) is 0.689. The zero-order valence-electron chi connectivity index (χ0n) is 14.2. The Hall–Kier alpha value is -2.56. The summed E-state index contributed by atoms with van der Waals surface area (Å²) in [6.07, 6.45) is 5.51. The van der Waals surface area contributed by atoms with Crippen molar-refractivity contribution in [1.29, 1.82) is 0 Å². The standard InChI is InChI=1S/C19H23N3O2/c1-14-12-18(15(2)24-14)19(23)21-20-13-16-6-8-17(9-7-16)22-10-4-3-5-11-22/h6-9,12-13H,3-5,10-11H2,1-2H3,(H,21,23)/b20-13-. The van der Waals surface area contributed by atoms with Gasteiger partial charge in [-0.1, -0.05) is 12.1 Å². The zero-order chi connectivity index (χ0) is 16.9. The third kappa shape index (κ3) is 3.85. The summed E-state index contributed by atoms with van der Waals surface area (Å²) in [5.74, 6) is 1.06. The Labute approximate surface area is 142 Å². The number of anilines is 1. The largest absolute Gasteiger partial charge is 0.466 e. The molecule has 2 heterocycles. The first-order valence-corrected chi connectivity index (χ1v) is 8.39. The summed E-state index contributed by atoms with van der Waals surface area (Å²) in [5, 5.41) is 4.03. The smallest absolute Gasteiger partial charge is 0.274 e. The zero-order valence-corrected chi connectivity index (χ0v) is 14.2. The molecular formula is C19H23N3O2. The van der Waals surface area contributed by atoms with Gasteiger partial charge in [-0.05, 0) is 56.9 Å². The molecule has 0 saturated carbocycles. The lowest BCUT2D eigenvalue weighted by atomic mass is 10.1. The fourth-order valence-electron chi connectivity index (χ4n) is 3.01. The second-order valence-electron chi connectivity index (χ2n) is 6.17. The van der Waals surface area contributed by atoms with Gasteiger partial charge >= 0.3 is 0 Å². The number of carbonyl (C=O) groups excluding carboxylic acids is 1. The van der Waals surface area contributed by atoms with Crippen LogP contribution in [-0.2, 0) is 0 Å². The van der Waals surface area contributed by atoms with E-state index in [1.165, 1.54) is 24.9 Å². The van der Waals surface area contributed by atoms with Crippen molar-refractivity contribution in [2.24, 2.45) is 5.10 Å². The first kappa shape index (κ1) is 16.3. The predicted octanol–water partition coefficient (Wildman–Crippen LogP) is 3.65. The molecular weight excluding hydrogens is 302 g/mol. The number of hydrogen-bond acceptors (Lipinski definition) is 4. The number of carbonyl (C=O) groups is 1. The summed E-state index contributed by atoms with van der Waals surface area (Å²) in [5.41, 5.74) is 5.26. The Morgan fingerprint density at radius 2 is 1.88 bits per heavy atom. The molecule has 1 amide bonds. The molecule has 0 atom stereocenters. The minimum atomic E-state index is -0.259. The average molecular weight is 325 g/mol. The highest BCUT2D eigenvalue weighted by Crippen LogP contribution is 2.19. The molecule has 1 saturated heterocycles. The van der Waals surface area contributed by atoms with Crippen molar-refractivity contribution in [2.45, 2.75) is 33.1 Å². The number of benzene rings is 1. The van der Waals surface area contributed by atoms with Crippen molar-refractivity contribution in [3.05, 3.63) is 53.0 Å². The fraction of sp³-hybridized carbons (Fsp3) is 0.368. The molecule has 2 aromatic rings. The van der Waals surface area contributed by atoms with Crippen LogP contribution < -0.4 is 10.3 Å². The van der Waals surface area contributed by atoms with Crippen LogP contribution >= 0.6 is 0 Å². The number of aryl methyl sites for hydroxylation is 2. The van der Waals surface area contributed by atoms with Crippen LogP contribution in [0.1, 0.15) is 46.7 Å². The number of rotatable bonds is 4. The molecule has 0 unspecified atom stereocenters. The molecule has 1 N–H and O–H groups in total. The lowest BCUT2D eigenvalue weighted by molar-refractivity contribution is 0.0953. The highest BCUT2D eigenvalue weighted by atomic mass is 16.3. The number of piperidine rings is 1. The summed E-state index contributed by atoms with van der Waals surface area (Å²) in [4.78, 5) is 14.5. The lowest BCUT2D eigenvalue weighted by Crippen LogP contribution is -2.29. The Morgan fingerprint density at radius 1 is 1.17 bits per heavy atom. The number of nitrogens with one attached hydrogen (secondary N) is 1. The van der Waals surface area contributed by atoms with E-state index in [1.807, 2.05) is 19.1 Å². The van der Waals surface area contributed by atoms with Crippen LogP contribution in [0.3, 0.4) is 0 Å². The number of nitrogens with zero attached hydrogens (tertiary/aromatic N) is 2. The summed E-state index contributed by atoms with van der Waals surface area (Å²) in [6, 6.07) is 9.98. The van der Waals surface area contributed by atoms with E-state index in [-0.39, 0.29) is 5.91 Å². The topological polar surface area (TPSA) is 57.8 Å². The Morgan fingerprint density at radius 3 is 2.50 bits per heavy atom. The molecule has 1 aliphatic rings. The van der Waals surface area contributed by atoms with Gasteiger partial charge in [0.2, 0.25) is 0 Å². The molecule has 1 aromatic carbocycles. The van der Waals surface area contributed by atoms with E-state index in [0.29, 0.717) is 11.3 Å². The van der Waals surface area contributed by atoms with Crippen LogP contribution in [0.4, 0.5) is 5.69 Å². The number of furan rings is 1. The molecule has 0 radical (unpaired) electrons. The van der Waals surface area contributed by atoms with Crippen LogP contribution in [0.5, 0.6) is 0 Å². The van der Waals surface area contributed by atoms with Gasteiger partial charge in [-0.25, -0.2) is 5.43 Å². The van der Waals surface area contributed by atoms with Gasteiger partial charge in [0.15, 0.2) is 0 Å². The molecule has 0 spiro atoms. The van der Waals surface area contributed by atoms with E-state index in [1.54, 1.807) is 19.2 Å². The van der Waals surface area contributed by atoms with Gasteiger partial charge < -0.3 is 9.32 Å². The van der Waals surface area contributed by atoms with Gasteiger partial charge in [-0.2, -0.15) is 5.10 Å². The van der Waals surface area contributed by atoms with E-state index in [4.69, 9.17) is 4.42 Å². The maximum atomic E-state index is 12.0. The Kier molecular flexibility index (Phi) is 4.99. The van der Waals surface area contributed by atoms with Gasteiger partial charge in [0, 0.05) is 18.8 Å². The normalized spacial score (nSPS) is 15.0. The third-order valence-electron chi connectivity index (χ3n) is 4.28. The first-order valence-electron chi connectivity index (χ1n) is 8.39. The van der Waals surface area contributed by atoms with E-state index in [9.17, 15) is 4.79 Å². The highest BCUT2D eigenvalue weighted by molar-refractivity contribution is 5.95. The molecule has 0 bridgehead atoms. The summed E-state index contributed by atoms with van der Waals surface area (Å²) in [7, 11) is 0. The van der Waals surface area contributed by atoms with Crippen molar-refractivity contribution < 1.29 is 9.21 Å². The fourth-order valence-corrected chi connectivity index (χ4v) is 3.01. The van der Waals surface area contributed by atoms with Gasteiger partial charge in [0.05, 0.1) is 11.8 Å². The van der Waals surface area contributed by atoms with Crippen LogP contribution in [0.15, 0.2) is 39.9 Å². The predicted molar refractivity (Wildman–Crippen MR) is 95.7 cm³/mol. The lowest BCUT2D eigenvalue weighted by Gasteiger charge is -2.28. The van der Waals surface area contributed by atoms with E-state index < -0.39 is 0 Å². The average Bonchev–Trinajstić information content (AvgIpc) is 2.95. The molecule has 5 nitrogen and oxygen atoms in total. The summed E-state index contributed by atoms with van der Waals surface area (Å²) >= 11 is 0. The molecule has 24 heavy (non-hydrogen) atoms. The number of hydrogen-bond donors (Lipinski definition) is 1. The van der Waals surface area contributed by atoms with Gasteiger partial charge in [0.1, 0.15) is 11.5 Å². The maximum Gasteiger partial charge on any atom is 0.274 e. The Bertz CT molecular complexity index is 726. The van der Waals surface area contributed by atoms with Crippen molar-refractivity contribution in [2.75, 3.05) is 18.0 Å². The van der Waals surface area contributed by atoms with Crippen LogP contribution in [0, 0.1) is 13.8 Å².